The zero-order chi connectivity index (χ0) is 17.8. The third kappa shape index (κ3) is 4.27. The van der Waals surface area contributed by atoms with E-state index in [1.165, 1.54) is 0 Å². The quantitative estimate of drug-likeness (QED) is 0.819. The van der Waals surface area contributed by atoms with Gasteiger partial charge in [-0.1, -0.05) is 6.92 Å². The van der Waals surface area contributed by atoms with Gasteiger partial charge in [0.05, 0.1) is 17.8 Å². The van der Waals surface area contributed by atoms with Gasteiger partial charge >= 0.3 is 0 Å². The van der Waals surface area contributed by atoms with Crippen molar-refractivity contribution in [3.63, 3.8) is 0 Å². The molecule has 7 nitrogen and oxygen atoms in total. The summed E-state index contributed by atoms with van der Waals surface area (Å²) in [5.74, 6) is 0.0197. The van der Waals surface area contributed by atoms with Crippen LogP contribution in [0.5, 0.6) is 0 Å². The Bertz CT molecular complexity index is 667. The standard InChI is InChI=1S/C18H28N4O3/c1-3-7-22-17(23)10-14-12-21(8-6-16(14)20-22)13(2)18(24)19-11-15-5-4-9-25-15/h10,13,15H,3-9,11-12H2,1-2H3,(H,19,24)/t13-,15-/m1/s1. The zero-order valence-corrected chi connectivity index (χ0v) is 15.2. The average molecular weight is 348 g/mol. The van der Waals surface area contributed by atoms with Crippen LogP contribution in [0.2, 0.25) is 0 Å². The van der Waals surface area contributed by atoms with E-state index in [4.69, 9.17) is 4.74 Å². The van der Waals surface area contributed by atoms with Crippen molar-refractivity contribution in [2.45, 2.75) is 64.8 Å². The molecule has 0 aliphatic carbocycles. The molecule has 1 fully saturated rings. The molecule has 2 aliphatic heterocycles. The Hall–Kier alpha value is -1.73. The van der Waals surface area contributed by atoms with E-state index < -0.39 is 0 Å². The summed E-state index contributed by atoms with van der Waals surface area (Å²) in [6.45, 7) is 7.35. The smallest absolute Gasteiger partial charge is 0.267 e. The van der Waals surface area contributed by atoms with Crippen LogP contribution < -0.4 is 10.9 Å². The van der Waals surface area contributed by atoms with Crippen LogP contribution in [0.3, 0.4) is 0 Å². The third-order valence-electron chi connectivity index (χ3n) is 5.06. The lowest BCUT2D eigenvalue weighted by Gasteiger charge is -2.32. The highest BCUT2D eigenvalue weighted by atomic mass is 16.5. The van der Waals surface area contributed by atoms with Crippen molar-refractivity contribution in [2.24, 2.45) is 0 Å². The van der Waals surface area contributed by atoms with Crippen molar-refractivity contribution in [3.05, 3.63) is 27.7 Å². The van der Waals surface area contributed by atoms with Crippen LogP contribution in [0, 0.1) is 0 Å². The Labute approximate surface area is 148 Å². The van der Waals surface area contributed by atoms with Gasteiger partial charge < -0.3 is 10.1 Å². The highest BCUT2D eigenvalue weighted by Crippen LogP contribution is 2.18. The molecule has 1 aromatic heterocycles. The maximum Gasteiger partial charge on any atom is 0.267 e. The van der Waals surface area contributed by atoms with Gasteiger partial charge in [0, 0.05) is 45.3 Å². The summed E-state index contributed by atoms with van der Waals surface area (Å²) >= 11 is 0. The molecule has 25 heavy (non-hydrogen) atoms. The Morgan fingerprint density at radius 3 is 3.08 bits per heavy atom. The first-order valence-electron chi connectivity index (χ1n) is 9.31. The second-order valence-corrected chi connectivity index (χ2v) is 6.95. The van der Waals surface area contributed by atoms with E-state index in [-0.39, 0.29) is 23.6 Å². The Morgan fingerprint density at radius 1 is 1.52 bits per heavy atom. The predicted octanol–water partition coefficient (Wildman–Crippen LogP) is 0.695. The number of ether oxygens (including phenoxy) is 1. The lowest BCUT2D eigenvalue weighted by molar-refractivity contribution is -0.126. The SMILES string of the molecule is CCCn1nc2c(cc1=O)CN([C@H](C)C(=O)NC[C@H]1CCCO1)CC2. The van der Waals surface area contributed by atoms with E-state index in [2.05, 4.69) is 15.3 Å². The molecule has 2 aliphatic rings. The van der Waals surface area contributed by atoms with Gasteiger partial charge in [0.25, 0.3) is 5.56 Å². The molecule has 7 heteroatoms. The van der Waals surface area contributed by atoms with Crippen molar-refractivity contribution >= 4 is 5.91 Å². The van der Waals surface area contributed by atoms with Crippen LogP contribution in [0.25, 0.3) is 0 Å². The molecule has 1 saturated heterocycles. The Kier molecular flexibility index (Phi) is 5.86. The number of nitrogens with zero attached hydrogens (tertiary/aromatic N) is 3. The molecular formula is C18H28N4O3. The summed E-state index contributed by atoms with van der Waals surface area (Å²) in [5, 5.41) is 7.49. The number of carbonyl (C=O) groups excluding carboxylic acids is 1. The second-order valence-electron chi connectivity index (χ2n) is 6.95. The van der Waals surface area contributed by atoms with Crippen LogP contribution >= 0.6 is 0 Å². The molecular weight excluding hydrogens is 320 g/mol. The normalized spacial score (nSPS) is 21.8. The van der Waals surface area contributed by atoms with Crippen molar-refractivity contribution in [3.8, 4) is 0 Å². The van der Waals surface area contributed by atoms with E-state index in [0.29, 0.717) is 19.6 Å². The molecule has 0 aromatic carbocycles. The fourth-order valence-electron chi connectivity index (χ4n) is 3.50. The maximum absolute atomic E-state index is 12.4. The maximum atomic E-state index is 12.4. The molecule has 0 unspecified atom stereocenters. The first-order chi connectivity index (χ1) is 12.1. The van der Waals surface area contributed by atoms with Crippen molar-refractivity contribution < 1.29 is 9.53 Å². The lowest BCUT2D eigenvalue weighted by atomic mass is 10.0. The second kappa shape index (κ2) is 8.10. The number of aromatic nitrogens is 2. The first-order valence-corrected chi connectivity index (χ1v) is 9.31. The van der Waals surface area contributed by atoms with E-state index in [9.17, 15) is 9.59 Å². The minimum absolute atomic E-state index is 0.0197. The fourth-order valence-corrected chi connectivity index (χ4v) is 3.50. The molecule has 0 radical (unpaired) electrons. The number of hydrogen-bond donors (Lipinski definition) is 1. The van der Waals surface area contributed by atoms with Crippen LogP contribution in [-0.2, 0) is 29.0 Å². The number of aryl methyl sites for hydroxylation is 1. The molecule has 0 saturated carbocycles. The van der Waals surface area contributed by atoms with Gasteiger partial charge in [-0.15, -0.1) is 0 Å². The fraction of sp³-hybridized carbons (Fsp3) is 0.722. The topological polar surface area (TPSA) is 76.5 Å². The number of fused-ring (bicyclic) bond motifs is 1. The zero-order valence-electron chi connectivity index (χ0n) is 15.2. The third-order valence-corrected chi connectivity index (χ3v) is 5.06. The number of rotatable bonds is 6. The van der Waals surface area contributed by atoms with Crippen LogP contribution in [0.1, 0.15) is 44.4 Å². The number of amides is 1. The van der Waals surface area contributed by atoms with Gasteiger partial charge in [-0.25, -0.2) is 4.68 Å². The Balaban J connectivity index is 1.60. The average Bonchev–Trinajstić information content (AvgIpc) is 3.13. The number of hydrogen-bond acceptors (Lipinski definition) is 5. The summed E-state index contributed by atoms with van der Waals surface area (Å²) in [6.07, 6.45) is 3.89. The van der Waals surface area contributed by atoms with Crippen molar-refractivity contribution in [1.82, 2.24) is 20.0 Å². The monoisotopic (exact) mass is 348 g/mol. The van der Waals surface area contributed by atoms with Crippen LogP contribution in [-0.4, -0.2) is 52.4 Å². The first kappa shape index (κ1) is 18.1. The van der Waals surface area contributed by atoms with E-state index in [0.717, 1.165) is 50.1 Å². The van der Waals surface area contributed by atoms with Crippen LogP contribution in [0.15, 0.2) is 10.9 Å². The van der Waals surface area contributed by atoms with Gasteiger partial charge in [-0.2, -0.15) is 5.10 Å². The minimum atomic E-state index is -0.229. The largest absolute Gasteiger partial charge is 0.376 e. The molecule has 3 rings (SSSR count). The highest BCUT2D eigenvalue weighted by molar-refractivity contribution is 5.81. The minimum Gasteiger partial charge on any atom is -0.376 e. The molecule has 2 atom stereocenters. The van der Waals surface area contributed by atoms with Crippen molar-refractivity contribution in [1.29, 1.82) is 0 Å². The summed E-state index contributed by atoms with van der Waals surface area (Å²) in [6, 6.07) is 1.45. The van der Waals surface area contributed by atoms with Gasteiger partial charge in [-0.3, -0.25) is 14.5 Å². The van der Waals surface area contributed by atoms with E-state index >= 15 is 0 Å². The van der Waals surface area contributed by atoms with Crippen LogP contribution in [0.4, 0.5) is 0 Å². The molecule has 0 spiro atoms. The summed E-state index contributed by atoms with van der Waals surface area (Å²) in [5.41, 5.74) is 1.87. The Morgan fingerprint density at radius 2 is 2.36 bits per heavy atom. The lowest BCUT2D eigenvalue weighted by Crippen LogP contribution is -2.48. The molecule has 1 N–H and O–H groups in total. The number of carbonyl (C=O) groups is 1. The summed E-state index contributed by atoms with van der Waals surface area (Å²) in [7, 11) is 0. The molecule has 1 aromatic rings. The van der Waals surface area contributed by atoms with E-state index in [1.54, 1.807) is 10.7 Å². The van der Waals surface area contributed by atoms with Gasteiger partial charge in [-0.05, 0) is 31.7 Å². The summed E-state index contributed by atoms with van der Waals surface area (Å²) < 4.78 is 7.09. The molecule has 3 heterocycles. The van der Waals surface area contributed by atoms with Gasteiger partial charge in [0.1, 0.15) is 0 Å². The molecule has 1 amide bonds. The van der Waals surface area contributed by atoms with Gasteiger partial charge in [0.15, 0.2) is 0 Å². The van der Waals surface area contributed by atoms with Gasteiger partial charge in [0.2, 0.25) is 5.91 Å². The summed E-state index contributed by atoms with van der Waals surface area (Å²) in [4.78, 5) is 26.7. The predicted molar refractivity (Wildman–Crippen MR) is 94.3 cm³/mol. The van der Waals surface area contributed by atoms with E-state index in [1.807, 2.05) is 13.8 Å². The molecule has 0 bridgehead atoms. The number of nitrogens with one attached hydrogen (secondary N) is 1. The van der Waals surface area contributed by atoms with Crippen molar-refractivity contribution in [2.75, 3.05) is 19.7 Å². The highest BCUT2D eigenvalue weighted by Gasteiger charge is 2.27. The molecule has 138 valence electrons.